The summed E-state index contributed by atoms with van der Waals surface area (Å²) in [6.07, 6.45) is 0. The molecule has 0 aliphatic carbocycles. The van der Waals surface area contributed by atoms with Crippen LogP contribution in [-0.2, 0) is 6.54 Å². The topological polar surface area (TPSA) is 12.0 Å². The second-order valence-corrected chi connectivity index (χ2v) is 2.88. The van der Waals surface area contributed by atoms with Crippen molar-refractivity contribution in [3.8, 4) is 12.0 Å². The summed E-state index contributed by atoms with van der Waals surface area (Å²) in [6, 6.07) is 7.30. The maximum Gasteiger partial charge on any atom is 0.141 e. The first-order valence-corrected chi connectivity index (χ1v) is 4.20. The van der Waals surface area contributed by atoms with Crippen LogP contribution in [0.3, 0.4) is 0 Å². The lowest BCUT2D eigenvalue weighted by Gasteiger charge is -2.00. The van der Waals surface area contributed by atoms with Crippen molar-refractivity contribution >= 4 is 11.6 Å². The van der Waals surface area contributed by atoms with E-state index in [9.17, 15) is 4.39 Å². The van der Waals surface area contributed by atoms with E-state index >= 15 is 0 Å². The molecule has 68 valence electrons. The van der Waals surface area contributed by atoms with Crippen molar-refractivity contribution in [3.63, 3.8) is 0 Å². The van der Waals surface area contributed by atoms with Crippen molar-refractivity contribution < 1.29 is 4.39 Å². The molecule has 1 rings (SSSR count). The predicted molar refractivity (Wildman–Crippen MR) is 51.7 cm³/mol. The Morgan fingerprint density at radius 2 is 2.31 bits per heavy atom. The monoisotopic (exact) mass is 197 g/mol. The molecule has 1 aromatic rings. The Kier molecular flexibility index (Phi) is 3.60. The maximum atomic E-state index is 12.7. The smallest absolute Gasteiger partial charge is 0.141 e. The Balaban J connectivity index is 2.66. The molecule has 13 heavy (non-hydrogen) atoms. The van der Waals surface area contributed by atoms with Crippen molar-refractivity contribution in [2.45, 2.75) is 13.5 Å². The van der Waals surface area contributed by atoms with Crippen LogP contribution >= 0.6 is 11.6 Å². The molecule has 0 bridgehead atoms. The van der Waals surface area contributed by atoms with Gasteiger partial charge in [-0.05, 0) is 24.6 Å². The third-order valence-electron chi connectivity index (χ3n) is 1.49. The van der Waals surface area contributed by atoms with E-state index in [1.165, 1.54) is 6.07 Å². The molecule has 0 amide bonds. The zero-order chi connectivity index (χ0) is 9.68. The van der Waals surface area contributed by atoms with Crippen molar-refractivity contribution in [1.82, 2.24) is 5.32 Å². The number of benzene rings is 1. The molecule has 0 radical (unpaired) electrons. The Hall–Kier alpha value is -1.20. The second kappa shape index (κ2) is 4.74. The van der Waals surface area contributed by atoms with Gasteiger partial charge in [0.05, 0.1) is 5.02 Å². The highest BCUT2D eigenvalue weighted by molar-refractivity contribution is 6.30. The molecular weight excluding hydrogens is 189 g/mol. The molecule has 0 spiro atoms. The van der Waals surface area contributed by atoms with Crippen LogP contribution in [0.25, 0.3) is 0 Å². The Bertz CT molecular complexity index is 352. The minimum absolute atomic E-state index is 0.142. The van der Waals surface area contributed by atoms with E-state index in [1.54, 1.807) is 19.1 Å². The number of hydrogen-bond acceptors (Lipinski definition) is 1. The molecule has 3 heteroatoms. The van der Waals surface area contributed by atoms with E-state index in [2.05, 4.69) is 17.3 Å². The lowest BCUT2D eigenvalue weighted by Crippen LogP contribution is -2.04. The highest BCUT2D eigenvalue weighted by Crippen LogP contribution is 2.15. The molecule has 0 atom stereocenters. The summed E-state index contributed by atoms with van der Waals surface area (Å²) in [5.41, 5.74) is 0.911. The molecule has 0 aliphatic heterocycles. The van der Waals surface area contributed by atoms with Crippen molar-refractivity contribution in [2.24, 2.45) is 0 Å². The first-order valence-electron chi connectivity index (χ1n) is 3.82. The first kappa shape index (κ1) is 9.88. The third kappa shape index (κ3) is 2.96. The molecule has 0 unspecified atom stereocenters. The standard InChI is InChI=1S/C10H9ClFN/c1-2-5-13-7-8-3-4-10(12)9(11)6-8/h3-4,6,13H,7H2,1H3. The predicted octanol–water partition coefficient (Wildman–Crippen LogP) is 2.55. The van der Waals surface area contributed by atoms with Crippen molar-refractivity contribution in [3.05, 3.63) is 34.6 Å². The average molecular weight is 198 g/mol. The van der Waals surface area contributed by atoms with Gasteiger partial charge in [-0.1, -0.05) is 23.6 Å². The van der Waals surface area contributed by atoms with Gasteiger partial charge in [-0.3, -0.25) is 0 Å². The van der Waals surface area contributed by atoms with Gasteiger partial charge in [-0.25, -0.2) is 4.39 Å². The first-order chi connectivity index (χ1) is 6.24. The highest BCUT2D eigenvalue weighted by atomic mass is 35.5. The average Bonchev–Trinajstić information content (AvgIpc) is 2.12. The van der Waals surface area contributed by atoms with E-state index in [1.807, 2.05) is 0 Å². The lowest BCUT2D eigenvalue weighted by molar-refractivity contribution is 0.627. The molecule has 0 aromatic heterocycles. The lowest BCUT2D eigenvalue weighted by atomic mass is 10.2. The Morgan fingerprint density at radius 1 is 1.54 bits per heavy atom. The SMILES string of the molecule is CC#CNCc1ccc(F)c(Cl)c1. The maximum absolute atomic E-state index is 12.7. The quantitative estimate of drug-likeness (QED) is 0.568. The molecule has 0 aliphatic rings. The molecule has 0 saturated heterocycles. The van der Waals surface area contributed by atoms with Gasteiger partial charge in [0.2, 0.25) is 0 Å². The summed E-state index contributed by atoms with van der Waals surface area (Å²) in [6.45, 7) is 2.31. The van der Waals surface area contributed by atoms with Gasteiger partial charge in [-0.15, -0.1) is 0 Å². The van der Waals surface area contributed by atoms with Crippen LogP contribution in [0.5, 0.6) is 0 Å². The van der Waals surface area contributed by atoms with Gasteiger partial charge in [-0.2, -0.15) is 0 Å². The molecule has 0 heterocycles. The minimum Gasteiger partial charge on any atom is -0.341 e. The summed E-state index contributed by atoms with van der Waals surface area (Å²) < 4.78 is 12.7. The van der Waals surface area contributed by atoms with Gasteiger partial charge in [0.25, 0.3) is 0 Å². The second-order valence-electron chi connectivity index (χ2n) is 2.48. The third-order valence-corrected chi connectivity index (χ3v) is 1.78. The van der Waals surface area contributed by atoms with Crippen LogP contribution in [0.1, 0.15) is 12.5 Å². The summed E-state index contributed by atoms with van der Waals surface area (Å²) in [4.78, 5) is 0. The number of nitrogens with one attached hydrogen (secondary N) is 1. The van der Waals surface area contributed by atoms with Gasteiger partial charge in [0.15, 0.2) is 0 Å². The molecule has 0 fully saturated rings. The van der Waals surface area contributed by atoms with Crippen LogP contribution in [-0.4, -0.2) is 0 Å². The van der Waals surface area contributed by atoms with Gasteiger partial charge >= 0.3 is 0 Å². The molecule has 1 nitrogen and oxygen atoms in total. The Morgan fingerprint density at radius 3 is 2.92 bits per heavy atom. The fourth-order valence-corrected chi connectivity index (χ4v) is 1.09. The zero-order valence-electron chi connectivity index (χ0n) is 7.20. The van der Waals surface area contributed by atoms with Gasteiger partial charge in [0, 0.05) is 12.6 Å². The van der Waals surface area contributed by atoms with Gasteiger partial charge in [0.1, 0.15) is 5.82 Å². The zero-order valence-corrected chi connectivity index (χ0v) is 7.95. The summed E-state index contributed by atoms with van der Waals surface area (Å²) in [7, 11) is 0. The highest BCUT2D eigenvalue weighted by Gasteiger charge is 1.99. The fraction of sp³-hybridized carbons (Fsp3) is 0.200. The largest absolute Gasteiger partial charge is 0.341 e. The number of halogens is 2. The normalized spacial score (nSPS) is 8.85. The molecule has 1 N–H and O–H groups in total. The van der Waals surface area contributed by atoms with E-state index in [-0.39, 0.29) is 5.02 Å². The number of rotatable bonds is 2. The fourth-order valence-electron chi connectivity index (χ4n) is 0.884. The van der Waals surface area contributed by atoms with Crippen LogP contribution in [0.4, 0.5) is 4.39 Å². The van der Waals surface area contributed by atoms with Crippen LogP contribution in [0.2, 0.25) is 5.02 Å². The van der Waals surface area contributed by atoms with Crippen LogP contribution in [0, 0.1) is 17.8 Å². The summed E-state index contributed by atoms with van der Waals surface area (Å²) >= 11 is 5.59. The summed E-state index contributed by atoms with van der Waals surface area (Å²) in [5, 5.41) is 3.00. The van der Waals surface area contributed by atoms with Crippen molar-refractivity contribution in [1.29, 1.82) is 0 Å². The molecule has 0 saturated carbocycles. The van der Waals surface area contributed by atoms with Crippen LogP contribution < -0.4 is 5.32 Å². The van der Waals surface area contributed by atoms with E-state index < -0.39 is 5.82 Å². The van der Waals surface area contributed by atoms with E-state index in [0.29, 0.717) is 6.54 Å². The van der Waals surface area contributed by atoms with E-state index in [0.717, 1.165) is 5.56 Å². The number of hydrogen-bond donors (Lipinski definition) is 1. The summed E-state index contributed by atoms with van der Waals surface area (Å²) in [5.74, 6) is 2.30. The minimum atomic E-state index is -0.396. The molecular formula is C10H9ClFN. The Labute approximate surface area is 81.9 Å². The molecule has 1 aromatic carbocycles. The van der Waals surface area contributed by atoms with Crippen LogP contribution in [0.15, 0.2) is 18.2 Å². The van der Waals surface area contributed by atoms with E-state index in [4.69, 9.17) is 11.6 Å². The van der Waals surface area contributed by atoms with Gasteiger partial charge < -0.3 is 5.32 Å². The van der Waals surface area contributed by atoms with Crippen molar-refractivity contribution in [2.75, 3.05) is 0 Å².